The van der Waals surface area contributed by atoms with E-state index in [1.807, 2.05) is 0 Å². The summed E-state index contributed by atoms with van der Waals surface area (Å²) in [5.74, 6) is 0.870. The molecule has 1 saturated carbocycles. The van der Waals surface area contributed by atoms with Gasteiger partial charge in [0.25, 0.3) is 0 Å². The van der Waals surface area contributed by atoms with Crippen molar-refractivity contribution in [3.8, 4) is 0 Å². The lowest BCUT2D eigenvalue weighted by molar-refractivity contribution is 0.0423. The van der Waals surface area contributed by atoms with Crippen LogP contribution in [0.2, 0.25) is 0 Å². The molecule has 1 aromatic rings. The molecule has 0 bridgehead atoms. The third-order valence-corrected chi connectivity index (χ3v) is 4.85. The van der Waals surface area contributed by atoms with Gasteiger partial charge < -0.3 is 5.73 Å². The van der Waals surface area contributed by atoms with Gasteiger partial charge in [-0.25, -0.2) is 0 Å². The topological polar surface area (TPSA) is 29.3 Å². The predicted molar refractivity (Wildman–Crippen MR) is 81.9 cm³/mol. The maximum Gasteiger partial charge on any atom is 0.0335 e. The highest BCUT2D eigenvalue weighted by Crippen LogP contribution is 2.36. The molecule has 2 nitrogen and oxygen atoms in total. The number of nitrogens with zero attached hydrogens (tertiary/aromatic N) is 1. The van der Waals surface area contributed by atoms with Crippen molar-refractivity contribution < 1.29 is 0 Å². The van der Waals surface area contributed by atoms with E-state index in [9.17, 15) is 0 Å². The molecule has 1 aromatic carbocycles. The molecular formula is C17H28N2. The Morgan fingerprint density at radius 3 is 2.37 bits per heavy atom. The molecule has 19 heavy (non-hydrogen) atoms. The van der Waals surface area contributed by atoms with Crippen LogP contribution in [-0.4, -0.2) is 23.5 Å². The fourth-order valence-electron chi connectivity index (χ4n) is 3.37. The van der Waals surface area contributed by atoms with E-state index in [4.69, 9.17) is 5.73 Å². The van der Waals surface area contributed by atoms with Crippen LogP contribution in [0.15, 0.2) is 30.3 Å². The van der Waals surface area contributed by atoms with Gasteiger partial charge in [-0.2, -0.15) is 0 Å². The minimum absolute atomic E-state index is 0.233. The van der Waals surface area contributed by atoms with E-state index in [-0.39, 0.29) is 5.54 Å². The minimum Gasteiger partial charge on any atom is -0.329 e. The van der Waals surface area contributed by atoms with Crippen LogP contribution in [-0.2, 0) is 6.54 Å². The van der Waals surface area contributed by atoms with Gasteiger partial charge in [0.05, 0.1) is 0 Å². The summed E-state index contributed by atoms with van der Waals surface area (Å²) in [6.07, 6.45) is 5.15. The fourth-order valence-corrected chi connectivity index (χ4v) is 3.37. The van der Waals surface area contributed by atoms with Gasteiger partial charge in [0, 0.05) is 18.6 Å². The zero-order valence-corrected chi connectivity index (χ0v) is 12.4. The average Bonchev–Trinajstić information content (AvgIpc) is 2.47. The van der Waals surface area contributed by atoms with Gasteiger partial charge in [0.2, 0.25) is 0 Å². The number of hydrogen-bond acceptors (Lipinski definition) is 2. The van der Waals surface area contributed by atoms with Crippen LogP contribution in [0.3, 0.4) is 0 Å². The van der Waals surface area contributed by atoms with Crippen LogP contribution in [0.25, 0.3) is 0 Å². The monoisotopic (exact) mass is 260 g/mol. The highest BCUT2D eigenvalue weighted by Gasteiger charge is 2.37. The molecule has 2 N–H and O–H groups in total. The van der Waals surface area contributed by atoms with E-state index in [1.54, 1.807) is 0 Å². The molecule has 0 heterocycles. The van der Waals surface area contributed by atoms with Gasteiger partial charge >= 0.3 is 0 Å². The van der Waals surface area contributed by atoms with Crippen molar-refractivity contribution in [1.29, 1.82) is 0 Å². The average molecular weight is 260 g/mol. The van der Waals surface area contributed by atoms with Crippen molar-refractivity contribution in [1.82, 2.24) is 4.90 Å². The second kappa shape index (κ2) is 6.53. The number of rotatable bonds is 5. The van der Waals surface area contributed by atoms with Crippen molar-refractivity contribution in [2.24, 2.45) is 11.7 Å². The van der Waals surface area contributed by atoms with E-state index in [2.05, 4.69) is 49.1 Å². The highest BCUT2D eigenvalue weighted by atomic mass is 15.2. The molecule has 0 unspecified atom stereocenters. The van der Waals surface area contributed by atoms with Gasteiger partial charge in [0.1, 0.15) is 0 Å². The zero-order valence-electron chi connectivity index (χ0n) is 12.4. The molecule has 1 aliphatic carbocycles. The summed E-state index contributed by atoms with van der Waals surface area (Å²) in [6, 6.07) is 10.8. The van der Waals surface area contributed by atoms with Gasteiger partial charge in [-0.3, -0.25) is 4.90 Å². The standard InChI is InChI=1S/C17H28N2/c1-3-19(13-16-7-5-4-6-8-16)17(14-18)11-9-15(2)10-12-17/h4-8,15H,3,9-14,18H2,1-2H3. The van der Waals surface area contributed by atoms with E-state index in [1.165, 1.54) is 31.2 Å². The number of nitrogens with two attached hydrogens (primary N) is 1. The Morgan fingerprint density at radius 2 is 1.84 bits per heavy atom. The van der Waals surface area contributed by atoms with Gasteiger partial charge in [-0.05, 0) is 43.7 Å². The first-order valence-electron chi connectivity index (χ1n) is 7.69. The number of benzene rings is 1. The molecule has 0 radical (unpaired) electrons. The Labute approximate surface area is 118 Å². The summed E-state index contributed by atoms with van der Waals surface area (Å²) in [4.78, 5) is 2.61. The van der Waals surface area contributed by atoms with E-state index in [0.29, 0.717) is 0 Å². The summed E-state index contributed by atoms with van der Waals surface area (Å²) in [5, 5.41) is 0. The zero-order chi connectivity index (χ0) is 13.7. The number of likely N-dealkylation sites (N-methyl/N-ethyl adjacent to an activating group) is 1. The van der Waals surface area contributed by atoms with Crippen LogP contribution < -0.4 is 5.73 Å². The smallest absolute Gasteiger partial charge is 0.0335 e. The molecule has 0 saturated heterocycles. The second-order valence-electron chi connectivity index (χ2n) is 6.11. The van der Waals surface area contributed by atoms with Gasteiger partial charge in [-0.15, -0.1) is 0 Å². The van der Waals surface area contributed by atoms with Crippen molar-refractivity contribution in [3.05, 3.63) is 35.9 Å². The first-order valence-corrected chi connectivity index (χ1v) is 7.69. The molecule has 1 aliphatic rings. The predicted octanol–water partition coefficient (Wildman–Crippen LogP) is 3.42. The van der Waals surface area contributed by atoms with Gasteiger partial charge in [0.15, 0.2) is 0 Å². The molecule has 2 rings (SSSR count). The fraction of sp³-hybridized carbons (Fsp3) is 0.647. The summed E-state index contributed by atoms with van der Waals surface area (Å²) in [7, 11) is 0. The molecule has 0 aliphatic heterocycles. The van der Waals surface area contributed by atoms with E-state index >= 15 is 0 Å². The molecule has 0 amide bonds. The molecule has 106 valence electrons. The molecule has 0 spiro atoms. The summed E-state index contributed by atoms with van der Waals surface area (Å²) >= 11 is 0. The third kappa shape index (κ3) is 3.37. The normalized spacial score (nSPS) is 27.7. The maximum absolute atomic E-state index is 6.17. The SMILES string of the molecule is CCN(Cc1ccccc1)C1(CN)CCC(C)CC1. The lowest BCUT2D eigenvalue weighted by Crippen LogP contribution is -2.55. The lowest BCUT2D eigenvalue weighted by atomic mass is 9.76. The highest BCUT2D eigenvalue weighted by molar-refractivity contribution is 5.15. The van der Waals surface area contributed by atoms with Crippen LogP contribution >= 0.6 is 0 Å². The Hall–Kier alpha value is -0.860. The van der Waals surface area contributed by atoms with Gasteiger partial charge in [-0.1, -0.05) is 44.2 Å². The van der Waals surface area contributed by atoms with Crippen LogP contribution in [0, 0.1) is 5.92 Å². The second-order valence-corrected chi connectivity index (χ2v) is 6.11. The number of hydrogen-bond donors (Lipinski definition) is 1. The van der Waals surface area contributed by atoms with E-state index in [0.717, 1.165) is 25.6 Å². The maximum atomic E-state index is 6.17. The molecule has 0 atom stereocenters. The Morgan fingerprint density at radius 1 is 1.21 bits per heavy atom. The molecule has 0 aromatic heterocycles. The van der Waals surface area contributed by atoms with Crippen LogP contribution in [0.4, 0.5) is 0 Å². The summed E-state index contributed by atoms with van der Waals surface area (Å²) in [6.45, 7) is 7.54. The van der Waals surface area contributed by atoms with Crippen molar-refractivity contribution in [2.45, 2.75) is 51.6 Å². The van der Waals surface area contributed by atoms with Crippen LogP contribution in [0.5, 0.6) is 0 Å². The summed E-state index contributed by atoms with van der Waals surface area (Å²) in [5.41, 5.74) is 7.80. The molecule has 1 fully saturated rings. The Kier molecular flexibility index (Phi) is 5.00. The quantitative estimate of drug-likeness (QED) is 0.879. The van der Waals surface area contributed by atoms with E-state index < -0.39 is 0 Å². The molecule has 2 heteroatoms. The largest absolute Gasteiger partial charge is 0.329 e. The Bertz CT molecular complexity index is 366. The first-order chi connectivity index (χ1) is 9.20. The van der Waals surface area contributed by atoms with Crippen molar-refractivity contribution in [2.75, 3.05) is 13.1 Å². The van der Waals surface area contributed by atoms with Crippen molar-refractivity contribution >= 4 is 0 Å². The lowest BCUT2D eigenvalue weighted by Gasteiger charge is -2.47. The summed E-state index contributed by atoms with van der Waals surface area (Å²) < 4.78 is 0. The van der Waals surface area contributed by atoms with Crippen LogP contribution in [0.1, 0.15) is 45.1 Å². The Balaban J connectivity index is 2.10. The first kappa shape index (κ1) is 14.5. The third-order valence-electron chi connectivity index (χ3n) is 4.85. The van der Waals surface area contributed by atoms with Crippen molar-refractivity contribution in [3.63, 3.8) is 0 Å². The molecular weight excluding hydrogens is 232 g/mol. The minimum atomic E-state index is 0.233.